The standard InChI is InChI=1S/C5H2ClF3N2O3S/c6-15(12,13)4-2-10-3(1-11-4)14-5(7,8)9/h1-2H. The largest absolute Gasteiger partial charge is 0.574 e. The second kappa shape index (κ2) is 3.81. The maximum atomic E-state index is 11.6. The number of rotatable bonds is 2. The molecule has 1 aromatic heterocycles. The van der Waals surface area contributed by atoms with Crippen molar-refractivity contribution in [1.82, 2.24) is 9.97 Å². The fraction of sp³-hybridized carbons (Fsp3) is 0.200. The smallest absolute Gasteiger partial charge is 0.386 e. The minimum atomic E-state index is -4.91. The average molecular weight is 263 g/mol. The van der Waals surface area contributed by atoms with E-state index in [1.807, 2.05) is 0 Å². The minimum Gasteiger partial charge on any atom is -0.386 e. The minimum absolute atomic E-state index is 0.503. The van der Waals surface area contributed by atoms with Crippen LogP contribution < -0.4 is 4.74 Å². The van der Waals surface area contributed by atoms with Gasteiger partial charge in [0.05, 0.1) is 12.4 Å². The zero-order chi connectivity index (χ0) is 11.7. The van der Waals surface area contributed by atoms with Gasteiger partial charge in [-0.05, 0) is 0 Å². The molecule has 0 aliphatic carbocycles. The lowest BCUT2D eigenvalue weighted by Gasteiger charge is -2.06. The molecule has 0 bridgehead atoms. The highest BCUT2D eigenvalue weighted by molar-refractivity contribution is 8.13. The van der Waals surface area contributed by atoms with Crippen molar-refractivity contribution >= 4 is 19.7 Å². The quantitative estimate of drug-likeness (QED) is 0.752. The highest BCUT2D eigenvalue weighted by Gasteiger charge is 2.32. The third kappa shape index (κ3) is 3.88. The summed E-state index contributed by atoms with van der Waals surface area (Å²) in [5.74, 6) is -0.869. The van der Waals surface area contributed by atoms with E-state index in [4.69, 9.17) is 10.7 Å². The van der Waals surface area contributed by atoms with Crippen molar-refractivity contribution in [3.8, 4) is 5.88 Å². The van der Waals surface area contributed by atoms with Crippen LogP contribution in [0.15, 0.2) is 17.4 Å². The molecular weight excluding hydrogens is 261 g/mol. The summed E-state index contributed by atoms with van der Waals surface area (Å²) in [6.07, 6.45) is -3.85. The van der Waals surface area contributed by atoms with Gasteiger partial charge in [0.25, 0.3) is 9.05 Å². The van der Waals surface area contributed by atoms with E-state index in [0.29, 0.717) is 12.4 Å². The van der Waals surface area contributed by atoms with Crippen LogP contribution in [0.25, 0.3) is 0 Å². The molecule has 5 nitrogen and oxygen atoms in total. The number of aromatic nitrogens is 2. The number of hydrogen-bond acceptors (Lipinski definition) is 5. The number of ether oxygens (including phenoxy) is 1. The Balaban J connectivity index is 2.92. The van der Waals surface area contributed by atoms with Crippen molar-refractivity contribution in [2.45, 2.75) is 11.4 Å². The van der Waals surface area contributed by atoms with Crippen LogP contribution in [0.3, 0.4) is 0 Å². The normalized spacial score (nSPS) is 12.5. The van der Waals surface area contributed by atoms with Gasteiger partial charge >= 0.3 is 6.36 Å². The molecule has 1 heterocycles. The molecule has 0 radical (unpaired) electrons. The Morgan fingerprint density at radius 1 is 1.27 bits per heavy atom. The predicted octanol–water partition coefficient (Wildman–Crippen LogP) is 1.30. The fourth-order valence-corrected chi connectivity index (χ4v) is 1.20. The molecule has 1 aromatic rings. The van der Waals surface area contributed by atoms with E-state index < -0.39 is 26.3 Å². The molecule has 0 amide bonds. The molecule has 0 fully saturated rings. The van der Waals surface area contributed by atoms with Gasteiger partial charge in [-0.3, -0.25) is 0 Å². The van der Waals surface area contributed by atoms with Crippen LogP contribution in [0.4, 0.5) is 13.2 Å². The van der Waals surface area contributed by atoms with Crippen LogP contribution in [0.5, 0.6) is 5.88 Å². The van der Waals surface area contributed by atoms with Gasteiger partial charge < -0.3 is 4.74 Å². The van der Waals surface area contributed by atoms with Crippen LogP contribution in [-0.4, -0.2) is 24.7 Å². The van der Waals surface area contributed by atoms with Crippen LogP contribution in [0, 0.1) is 0 Å². The molecule has 0 aliphatic heterocycles. The molecule has 0 aliphatic rings. The van der Waals surface area contributed by atoms with Crippen molar-refractivity contribution in [3.05, 3.63) is 12.4 Å². The maximum Gasteiger partial charge on any atom is 0.574 e. The Labute approximate surface area is 86.3 Å². The van der Waals surface area contributed by atoms with Gasteiger partial charge in [0.2, 0.25) is 5.88 Å². The molecule has 0 atom stereocenters. The van der Waals surface area contributed by atoms with E-state index in [2.05, 4.69) is 14.7 Å². The Kier molecular flexibility index (Phi) is 3.05. The predicted molar refractivity (Wildman–Crippen MR) is 41.8 cm³/mol. The lowest BCUT2D eigenvalue weighted by molar-refractivity contribution is -0.276. The van der Waals surface area contributed by atoms with Gasteiger partial charge in [-0.2, -0.15) is 0 Å². The van der Waals surface area contributed by atoms with E-state index in [0.717, 1.165) is 0 Å². The van der Waals surface area contributed by atoms with Crippen LogP contribution in [0.1, 0.15) is 0 Å². The van der Waals surface area contributed by atoms with Gasteiger partial charge in [-0.1, -0.05) is 0 Å². The number of nitrogens with zero attached hydrogens (tertiary/aromatic N) is 2. The summed E-state index contributed by atoms with van der Waals surface area (Å²) < 4.78 is 59.5. The molecule has 0 spiro atoms. The van der Waals surface area contributed by atoms with Crippen molar-refractivity contribution in [2.24, 2.45) is 0 Å². The van der Waals surface area contributed by atoms with E-state index in [1.165, 1.54) is 0 Å². The molecule has 0 unspecified atom stereocenters. The summed E-state index contributed by atoms with van der Waals surface area (Å²) in [5, 5.41) is -0.654. The first-order chi connectivity index (χ1) is 6.68. The molecule has 1 rings (SSSR count). The average Bonchev–Trinajstić information content (AvgIpc) is 2.00. The lowest BCUT2D eigenvalue weighted by Crippen LogP contribution is -2.18. The van der Waals surface area contributed by atoms with Crippen molar-refractivity contribution in [3.63, 3.8) is 0 Å². The molecule has 84 valence electrons. The Bertz CT molecular complexity index is 444. The van der Waals surface area contributed by atoms with Crippen LogP contribution in [0.2, 0.25) is 0 Å². The Morgan fingerprint density at radius 3 is 2.20 bits per heavy atom. The SMILES string of the molecule is O=S(=O)(Cl)c1cnc(OC(F)(F)F)cn1. The van der Waals surface area contributed by atoms with Crippen LogP contribution in [-0.2, 0) is 9.05 Å². The van der Waals surface area contributed by atoms with E-state index in [1.54, 1.807) is 0 Å². The first-order valence-corrected chi connectivity index (χ1v) is 5.52. The summed E-state index contributed by atoms with van der Waals surface area (Å²) in [4.78, 5) is 6.19. The number of halogens is 4. The highest BCUT2D eigenvalue weighted by atomic mass is 35.7. The van der Waals surface area contributed by atoms with E-state index in [-0.39, 0.29) is 0 Å². The topological polar surface area (TPSA) is 69.2 Å². The van der Waals surface area contributed by atoms with Gasteiger partial charge in [0, 0.05) is 10.7 Å². The second-order valence-corrected chi connectivity index (χ2v) is 4.69. The number of hydrogen-bond donors (Lipinski definition) is 0. The zero-order valence-corrected chi connectivity index (χ0v) is 8.27. The lowest BCUT2D eigenvalue weighted by atomic mass is 10.7. The first kappa shape index (κ1) is 12.0. The molecule has 15 heavy (non-hydrogen) atoms. The van der Waals surface area contributed by atoms with E-state index >= 15 is 0 Å². The van der Waals surface area contributed by atoms with Crippen molar-refractivity contribution < 1.29 is 26.3 Å². The van der Waals surface area contributed by atoms with E-state index in [9.17, 15) is 21.6 Å². The van der Waals surface area contributed by atoms with Crippen molar-refractivity contribution in [2.75, 3.05) is 0 Å². The second-order valence-electron chi connectivity index (χ2n) is 2.18. The first-order valence-electron chi connectivity index (χ1n) is 3.21. The van der Waals surface area contributed by atoms with Gasteiger partial charge in [-0.25, -0.2) is 18.4 Å². The molecular formula is C5H2ClF3N2O3S. The third-order valence-corrected chi connectivity index (χ3v) is 2.26. The number of alkyl halides is 3. The molecule has 10 heteroatoms. The van der Waals surface area contributed by atoms with Crippen molar-refractivity contribution in [1.29, 1.82) is 0 Å². The summed E-state index contributed by atoms with van der Waals surface area (Å²) >= 11 is 0. The Morgan fingerprint density at radius 2 is 1.87 bits per heavy atom. The summed E-state index contributed by atoms with van der Waals surface area (Å²) in [6, 6.07) is 0. The van der Waals surface area contributed by atoms with Gasteiger partial charge in [0.1, 0.15) is 0 Å². The monoisotopic (exact) mass is 262 g/mol. The van der Waals surface area contributed by atoms with Crippen LogP contribution >= 0.6 is 10.7 Å². The summed E-state index contributed by atoms with van der Waals surface area (Å²) in [7, 11) is 0.749. The van der Waals surface area contributed by atoms with Gasteiger partial charge in [0.15, 0.2) is 5.03 Å². The molecule has 0 N–H and O–H groups in total. The zero-order valence-electron chi connectivity index (χ0n) is 6.69. The summed E-state index contributed by atoms with van der Waals surface area (Å²) in [6.45, 7) is 0. The maximum absolute atomic E-state index is 11.6. The molecule has 0 aromatic carbocycles. The molecule has 0 saturated carbocycles. The summed E-state index contributed by atoms with van der Waals surface area (Å²) in [5.41, 5.74) is 0. The fourth-order valence-electron chi connectivity index (χ4n) is 0.602. The Hall–Kier alpha value is -1.09. The third-order valence-electron chi connectivity index (χ3n) is 1.07. The van der Waals surface area contributed by atoms with Gasteiger partial charge in [-0.15, -0.1) is 13.2 Å². The highest BCUT2D eigenvalue weighted by Crippen LogP contribution is 2.20. The molecule has 0 saturated heterocycles.